The predicted octanol–water partition coefficient (Wildman–Crippen LogP) is 1.82. The predicted molar refractivity (Wildman–Crippen MR) is 96.3 cm³/mol. The van der Waals surface area contributed by atoms with E-state index in [1.54, 1.807) is 22.2 Å². The molecule has 3 aromatic rings. The van der Waals surface area contributed by atoms with Crippen molar-refractivity contribution in [2.75, 3.05) is 26.2 Å². The van der Waals surface area contributed by atoms with E-state index in [0.717, 1.165) is 35.4 Å². The molecule has 130 valence electrons. The highest BCUT2D eigenvalue weighted by atomic mass is 32.1. The van der Waals surface area contributed by atoms with Crippen molar-refractivity contribution in [3.8, 4) is 0 Å². The zero-order valence-electron chi connectivity index (χ0n) is 14.2. The average molecular weight is 356 g/mol. The van der Waals surface area contributed by atoms with Gasteiger partial charge in [-0.1, -0.05) is 6.92 Å². The van der Waals surface area contributed by atoms with Gasteiger partial charge >= 0.3 is 0 Å². The Bertz CT molecular complexity index is 970. The monoisotopic (exact) mass is 356 g/mol. The van der Waals surface area contributed by atoms with Gasteiger partial charge in [0, 0.05) is 31.1 Å². The quantitative estimate of drug-likeness (QED) is 0.720. The van der Waals surface area contributed by atoms with Crippen LogP contribution in [0.4, 0.5) is 0 Å². The molecule has 0 bridgehead atoms. The minimum absolute atomic E-state index is 0.0875. The number of nitrogens with zero attached hydrogens (tertiary/aromatic N) is 5. The fourth-order valence-corrected chi connectivity index (χ4v) is 5.28. The number of aryl methyl sites for hydroxylation is 1. The van der Waals surface area contributed by atoms with Crippen LogP contribution < -0.4 is 5.32 Å². The summed E-state index contributed by atoms with van der Waals surface area (Å²) in [5.74, 6) is 0.699. The molecule has 0 unspecified atom stereocenters. The SMILES string of the molecule is C[C@@H]1CCCc2sc3ncn4nc(C(=O)N5CCNCC5)nc4c3c21. The van der Waals surface area contributed by atoms with Crippen LogP contribution in [-0.2, 0) is 6.42 Å². The number of carbonyl (C=O) groups excluding carboxylic acids is 1. The third kappa shape index (κ3) is 2.35. The van der Waals surface area contributed by atoms with E-state index in [4.69, 9.17) is 0 Å². The van der Waals surface area contributed by atoms with Crippen LogP contribution in [0.2, 0.25) is 0 Å². The van der Waals surface area contributed by atoms with Crippen molar-refractivity contribution >= 4 is 33.1 Å². The zero-order valence-corrected chi connectivity index (χ0v) is 15.0. The van der Waals surface area contributed by atoms with Crippen molar-refractivity contribution in [1.82, 2.24) is 29.8 Å². The van der Waals surface area contributed by atoms with E-state index in [1.807, 2.05) is 4.90 Å². The summed E-state index contributed by atoms with van der Waals surface area (Å²) in [5.41, 5.74) is 2.15. The lowest BCUT2D eigenvalue weighted by atomic mass is 9.87. The van der Waals surface area contributed by atoms with E-state index in [0.29, 0.717) is 19.0 Å². The van der Waals surface area contributed by atoms with Gasteiger partial charge in [-0.2, -0.15) is 0 Å². The molecule has 1 atom stereocenters. The second-order valence-electron chi connectivity index (χ2n) is 6.90. The third-order valence-electron chi connectivity index (χ3n) is 5.27. The maximum atomic E-state index is 12.7. The fraction of sp³-hybridized carbons (Fsp3) is 0.529. The second kappa shape index (κ2) is 5.74. The summed E-state index contributed by atoms with van der Waals surface area (Å²) in [5, 5.41) is 8.79. The van der Waals surface area contributed by atoms with Crippen molar-refractivity contribution < 1.29 is 4.79 Å². The molecule has 1 fully saturated rings. The Kier molecular flexibility index (Phi) is 3.49. The van der Waals surface area contributed by atoms with E-state index in [9.17, 15) is 4.79 Å². The second-order valence-corrected chi connectivity index (χ2v) is 7.99. The lowest BCUT2D eigenvalue weighted by Gasteiger charge is -2.26. The molecule has 1 saturated heterocycles. The Labute approximate surface area is 149 Å². The molecule has 25 heavy (non-hydrogen) atoms. The van der Waals surface area contributed by atoms with Gasteiger partial charge in [0.1, 0.15) is 11.2 Å². The van der Waals surface area contributed by atoms with Crippen molar-refractivity contribution in [1.29, 1.82) is 0 Å². The fourth-order valence-electron chi connectivity index (χ4n) is 3.99. The molecule has 0 aromatic carbocycles. The Hall–Kier alpha value is -2.06. The van der Waals surface area contributed by atoms with E-state index >= 15 is 0 Å². The highest BCUT2D eigenvalue weighted by molar-refractivity contribution is 7.19. The molecule has 1 N–H and O–H groups in total. The van der Waals surface area contributed by atoms with Gasteiger partial charge in [-0.15, -0.1) is 16.4 Å². The van der Waals surface area contributed by atoms with Gasteiger partial charge in [-0.05, 0) is 30.7 Å². The molecule has 2 aliphatic rings. The third-order valence-corrected chi connectivity index (χ3v) is 6.45. The van der Waals surface area contributed by atoms with Crippen LogP contribution in [-0.4, -0.2) is 56.6 Å². The molecule has 7 nitrogen and oxygen atoms in total. The van der Waals surface area contributed by atoms with Crippen molar-refractivity contribution in [2.45, 2.75) is 32.1 Å². The Morgan fingerprint density at radius 1 is 1.36 bits per heavy atom. The van der Waals surface area contributed by atoms with Crippen LogP contribution in [0.15, 0.2) is 6.33 Å². The molecular weight excluding hydrogens is 336 g/mol. The summed E-state index contributed by atoms with van der Waals surface area (Å²) in [7, 11) is 0. The first kappa shape index (κ1) is 15.2. The number of rotatable bonds is 1. The van der Waals surface area contributed by atoms with Crippen molar-refractivity contribution in [2.24, 2.45) is 0 Å². The van der Waals surface area contributed by atoms with Crippen molar-refractivity contribution in [3.63, 3.8) is 0 Å². The molecule has 0 saturated carbocycles. The number of fused-ring (bicyclic) bond motifs is 5. The summed E-state index contributed by atoms with van der Waals surface area (Å²) in [6.45, 7) is 5.32. The average Bonchev–Trinajstić information content (AvgIpc) is 3.23. The minimum Gasteiger partial charge on any atom is -0.333 e. The van der Waals surface area contributed by atoms with Crippen LogP contribution in [0.5, 0.6) is 0 Å². The number of aromatic nitrogens is 4. The Balaban J connectivity index is 1.65. The minimum atomic E-state index is -0.0875. The van der Waals surface area contributed by atoms with Crippen molar-refractivity contribution in [3.05, 3.63) is 22.6 Å². The van der Waals surface area contributed by atoms with Crippen LogP contribution in [0.3, 0.4) is 0 Å². The maximum absolute atomic E-state index is 12.7. The molecule has 1 aliphatic heterocycles. The summed E-state index contributed by atoms with van der Waals surface area (Å²) in [4.78, 5) is 26.2. The molecule has 1 aliphatic carbocycles. The lowest BCUT2D eigenvalue weighted by Crippen LogP contribution is -2.46. The van der Waals surface area contributed by atoms with E-state index in [2.05, 4.69) is 27.3 Å². The number of hydrogen-bond acceptors (Lipinski definition) is 6. The molecule has 5 rings (SSSR count). The number of thiophene rings is 1. The molecule has 3 aromatic heterocycles. The normalized spacial score (nSPS) is 21.0. The molecule has 0 spiro atoms. The van der Waals surface area contributed by atoms with Gasteiger partial charge in [0.25, 0.3) is 5.91 Å². The van der Waals surface area contributed by atoms with E-state index < -0.39 is 0 Å². The summed E-state index contributed by atoms with van der Waals surface area (Å²) in [6.07, 6.45) is 5.23. The number of piperazine rings is 1. The van der Waals surface area contributed by atoms with Gasteiger partial charge in [0.15, 0.2) is 5.65 Å². The van der Waals surface area contributed by atoms with E-state index in [1.165, 1.54) is 23.3 Å². The topological polar surface area (TPSA) is 75.4 Å². The number of hydrogen-bond donors (Lipinski definition) is 1. The van der Waals surface area contributed by atoms with E-state index in [-0.39, 0.29) is 11.7 Å². The summed E-state index contributed by atoms with van der Waals surface area (Å²) in [6, 6.07) is 0. The Morgan fingerprint density at radius 2 is 2.20 bits per heavy atom. The standard InChI is InChI=1S/C17H20N6OS/c1-10-3-2-4-11-12(10)13-15-20-14(17(24)22-7-5-18-6-8-22)21-23(15)9-19-16(13)25-11/h9-10,18H,2-8H2,1H3/t10-/m1/s1. The van der Waals surface area contributed by atoms with Crippen LogP contribution >= 0.6 is 11.3 Å². The molecule has 1 amide bonds. The first-order valence-corrected chi connectivity index (χ1v) is 9.70. The van der Waals surface area contributed by atoms with Gasteiger partial charge < -0.3 is 10.2 Å². The Morgan fingerprint density at radius 3 is 3.04 bits per heavy atom. The number of carbonyl (C=O) groups is 1. The first-order valence-electron chi connectivity index (χ1n) is 8.89. The van der Waals surface area contributed by atoms with Gasteiger partial charge in [-0.25, -0.2) is 14.5 Å². The lowest BCUT2D eigenvalue weighted by molar-refractivity contribution is 0.0723. The van der Waals surface area contributed by atoms with Gasteiger partial charge in [0.2, 0.25) is 5.82 Å². The molecular formula is C17H20N6OS. The maximum Gasteiger partial charge on any atom is 0.293 e. The smallest absolute Gasteiger partial charge is 0.293 e. The highest BCUT2D eigenvalue weighted by Crippen LogP contribution is 2.42. The van der Waals surface area contributed by atoms with Gasteiger partial charge in [-0.3, -0.25) is 4.79 Å². The molecule has 8 heteroatoms. The molecule has 4 heterocycles. The summed E-state index contributed by atoms with van der Waals surface area (Å²) >= 11 is 1.77. The molecule has 0 radical (unpaired) electrons. The largest absolute Gasteiger partial charge is 0.333 e. The summed E-state index contributed by atoms with van der Waals surface area (Å²) < 4.78 is 1.67. The number of nitrogens with one attached hydrogen (secondary N) is 1. The van der Waals surface area contributed by atoms with Gasteiger partial charge in [0.05, 0.1) is 5.39 Å². The number of amides is 1. The van der Waals surface area contributed by atoms with Crippen LogP contribution in [0.25, 0.3) is 15.9 Å². The zero-order chi connectivity index (χ0) is 17.0. The van der Waals surface area contributed by atoms with Crippen LogP contribution in [0, 0.1) is 0 Å². The highest BCUT2D eigenvalue weighted by Gasteiger charge is 2.27. The first-order chi connectivity index (χ1) is 12.2. The van der Waals surface area contributed by atoms with Crippen LogP contribution in [0.1, 0.15) is 46.7 Å².